The standard InChI is InChI=1S/C17H15BrN2O3/c1-23-12-8-6-11(7-9-12)20-16(21)10-15(17(20)22)19-14-5-3-2-4-13(14)18/h2-9,15,19H,10H2,1H3/t15-/m0/s1. The van der Waals surface area contributed by atoms with Crippen molar-refractivity contribution in [2.45, 2.75) is 12.5 Å². The lowest BCUT2D eigenvalue weighted by molar-refractivity contribution is -0.121. The third-order valence-corrected chi connectivity index (χ3v) is 4.37. The highest BCUT2D eigenvalue weighted by Gasteiger charge is 2.39. The lowest BCUT2D eigenvalue weighted by Crippen LogP contribution is -2.34. The van der Waals surface area contributed by atoms with Crippen LogP contribution < -0.4 is 15.0 Å². The van der Waals surface area contributed by atoms with Crippen molar-refractivity contribution < 1.29 is 14.3 Å². The molecule has 0 spiro atoms. The molecule has 3 rings (SSSR count). The lowest BCUT2D eigenvalue weighted by atomic mass is 10.2. The van der Waals surface area contributed by atoms with Crippen LogP contribution in [0, 0.1) is 0 Å². The molecule has 0 aromatic heterocycles. The second kappa shape index (κ2) is 6.42. The van der Waals surface area contributed by atoms with Gasteiger partial charge in [0.25, 0.3) is 5.91 Å². The van der Waals surface area contributed by atoms with Crippen LogP contribution in [0.25, 0.3) is 0 Å². The number of para-hydroxylation sites is 1. The van der Waals surface area contributed by atoms with Crippen LogP contribution in [0.1, 0.15) is 6.42 Å². The van der Waals surface area contributed by atoms with Crippen LogP contribution in [0.2, 0.25) is 0 Å². The van der Waals surface area contributed by atoms with Crippen molar-refractivity contribution in [3.8, 4) is 5.75 Å². The van der Waals surface area contributed by atoms with Crippen molar-refractivity contribution >= 4 is 39.1 Å². The average molecular weight is 375 g/mol. The molecule has 0 unspecified atom stereocenters. The van der Waals surface area contributed by atoms with E-state index in [0.717, 1.165) is 10.2 Å². The van der Waals surface area contributed by atoms with Crippen molar-refractivity contribution in [1.82, 2.24) is 0 Å². The molecule has 2 aromatic rings. The largest absolute Gasteiger partial charge is 0.497 e. The first kappa shape index (κ1) is 15.6. The van der Waals surface area contributed by atoms with E-state index in [-0.39, 0.29) is 18.2 Å². The highest BCUT2D eigenvalue weighted by molar-refractivity contribution is 9.10. The highest BCUT2D eigenvalue weighted by atomic mass is 79.9. The van der Waals surface area contributed by atoms with E-state index >= 15 is 0 Å². The number of benzene rings is 2. The molecular formula is C17H15BrN2O3. The lowest BCUT2D eigenvalue weighted by Gasteiger charge is -2.17. The first-order valence-corrected chi connectivity index (χ1v) is 7.91. The minimum absolute atomic E-state index is 0.131. The number of nitrogens with one attached hydrogen (secondary N) is 1. The highest BCUT2D eigenvalue weighted by Crippen LogP contribution is 2.28. The van der Waals surface area contributed by atoms with Gasteiger partial charge in [0.05, 0.1) is 19.2 Å². The zero-order chi connectivity index (χ0) is 16.4. The van der Waals surface area contributed by atoms with Gasteiger partial charge in [-0.25, -0.2) is 4.90 Å². The number of rotatable bonds is 4. The molecule has 0 aliphatic carbocycles. The Labute approximate surface area is 142 Å². The summed E-state index contributed by atoms with van der Waals surface area (Å²) in [5.74, 6) is 0.205. The molecule has 1 saturated heterocycles. The van der Waals surface area contributed by atoms with Gasteiger partial charge in [0.15, 0.2) is 0 Å². The van der Waals surface area contributed by atoms with E-state index in [4.69, 9.17) is 4.74 Å². The van der Waals surface area contributed by atoms with E-state index in [2.05, 4.69) is 21.2 Å². The molecule has 2 aromatic carbocycles. The monoisotopic (exact) mass is 374 g/mol. The number of nitrogens with zero attached hydrogens (tertiary/aromatic N) is 1. The van der Waals surface area contributed by atoms with Crippen LogP contribution in [-0.2, 0) is 9.59 Å². The van der Waals surface area contributed by atoms with Crippen LogP contribution in [0.5, 0.6) is 5.75 Å². The molecule has 2 amide bonds. The van der Waals surface area contributed by atoms with Gasteiger partial charge in [0, 0.05) is 10.2 Å². The van der Waals surface area contributed by atoms with Gasteiger partial charge in [0.2, 0.25) is 5.91 Å². The van der Waals surface area contributed by atoms with Crippen LogP contribution in [0.15, 0.2) is 53.0 Å². The predicted molar refractivity (Wildman–Crippen MR) is 91.7 cm³/mol. The summed E-state index contributed by atoms with van der Waals surface area (Å²) in [4.78, 5) is 26.0. The molecule has 1 fully saturated rings. The molecule has 1 atom stereocenters. The Bertz CT molecular complexity index is 746. The molecule has 118 valence electrons. The zero-order valence-corrected chi connectivity index (χ0v) is 14.0. The first-order valence-electron chi connectivity index (χ1n) is 7.12. The summed E-state index contributed by atoms with van der Waals surface area (Å²) in [7, 11) is 1.57. The fraction of sp³-hybridized carbons (Fsp3) is 0.176. The maximum atomic E-state index is 12.6. The molecule has 0 radical (unpaired) electrons. The summed E-state index contributed by atoms with van der Waals surface area (Å²) in [6, 6.07) is 13.8. The van der Waals surface area contributed by atoms with Gasteiger partial charge >= 0.3 is 0 Å². The maximum Gasteiger partial charge on any atom is 0.256 e. The van der Waals surface area contributed by atoms with E-state index in [0.29, 0.717) is 11.4 Å². The van der Waals surface area contributed by atoms with Crippen molar-refractivity contribution in [1.29, 1.82) is 0 Å². The SMILES string of the molecule is COc1ccc(N2C(=O)C[C@H](Nc3ccccc3Br)C2=O)cc1. The van der Waals surface area contributed by atoms with Crippen molar-refractivity contribution in [3.63, 3.8) is 0 Å². The summed E-state index contributed by atoms with van der Waals surface area (Å²) >= 11 is 3.43. The minimum Gasteiger partial charge on any atom is -0.497 e. The minimum atomic E-state index is -0.566. The number of imide groups is 1. The van der Waals surface area contributed by atoms with E-state index < -0.39 is 6.04 Å². The molecule has 1 aliphatic rings. The number of amides is 2. The van der Waals surface area contributed by atoms with E-state index in [1.165, 1.54) is 4.90 Å². The third kappa shape index (κ3) is 3.07. The van der Waals surface area contributed by atoms with Crippen molar-refractivity contribution in [2.75, 3.05) is 17.3 Å². The topological polar surface area (TPSA) is 58.6 Å². The quantitative estimate of drug-likeness (QED) is 0.834. The molecular weight excluding hydrogens is 360 g/mol. The van der Waals surface area contributed by atoms with E-state index in [1.54, 1.807) is 31.4 Å². The van der Waals surface area contributed by atoms with Crippen molar-refractivity contribution in [2.24, 2.45) is 0 Å². The molecule has 0 bridgehead atoms. The Morgan fingerprint density at radius 2 is 1.83 bits per heavy atom. The number of carbonyl (C=O) groups excluding carboxylic acids is 2. The molecule has 1 heterocycles. The summed E-state index contributed by atoms with van der Waals surface area (Å²) in [6.07, 6.45) is 0.131. The van der Waals surface area contributed by atoms with Crippen LogP contribution in [-0.4, -0.2) is 25.0 Å². The third-order valence-electron chi connectivity index (χ3n) is 3.68. The van der Waals surface area contributed by atoms with Crippen LogP contribution in [0.4, 0.5) is 11.4 Å². The number of methoxy groups -OCH3 is 1. The predicted octanol–water partition coefficient (Wildman–Crippen LogP) is 3.20. The number of hydrogen-bond donors (Lipinski definition) is 1. The first-order chi connectivity index (χ1) is 11.1. The molecule has 0 saturated carbocycles. The van der Waals surface area contributed by atoms with E-state index in [1.807, 2.05) is 24.3 Å². The normalized spacial score (nSPS) is 17.5. The Hall–Kier alpha value is -2.34. The van der Waals surface area contributed by atoms with Gasteiger partial charge in [-0.05, 0) is 52.3 Å². The fourth-order valence-electron chi connectivity index (χ4n) is 2.51. The summed E-state index contributed by atoms with van der Waals surface area (Å²) in [6.45, 7) is 0. The van der Waals surface area contributed by atoms with Crippen molar-refractivity contribution in [3.05, 3.63) is 53.0 Å². The molecule has 5 nitrogen and oxygen atoms in total. The number of anilines is 2. The van der Waals surface area contributed by atoms with Crippen LogP contribution >= 0.6 is 15.9 Å². The number of hydrogen-bond acceptors (Lipinski definition) is 4. The Morgan fingerprint density at radius 3 is 2.48 bits per heavy atom. The average Bonchev–Trinajstić information content (AvgIpc) is 2.84. The van der Waals surface area contributed by atoms with Crippen LogP contribution in [0.3, 0.4) is 0 Å². The molecule has 1 N–H and O–H groups in total. The Kier molecular flexibility index (Phi) is 4.34. The second-order valence-corrected chi connectivity index (χ2v) is 6.00. The van der Waals surface area contributed by atoms with Gasteiger partial charge < -0.3 is 10.1 Å². The second-order valence-electron chi connectivity index (χ2n) is 5.15. The fourth-order valence-corrected chi connectivity index (χ4v) is 2.91. The number of ether oxygens (including phenoxy) is 1. The summed E-state index contributed by atoms with van der Waals surface area (Å²) < 4.78 is 5.94. The zero-order valence-electron chi connectivity index (χ0n) is 12.5. The Morgan fingerprint density at radius 1 is 1.13 bits per heavy atom. The number of carbonyl (C=O) groups is 2. The van der Waals surface area contributed by atoms with Gasteiger partial charge in [-0.1, -0.05) is 12.1 Å². The summed E-state index contributed by atoms with van der Waals surface area (Å²) in [5.41, 5.74) is 1.34. The van der Waals surface area contributed by atoms with E-state index in [9.17, 15) is 9.59 Å². The maximum absolute atomic E-state index is 12.6. The molecule has 6 heteroatoms. The summed E-state index contributed by atoms with van der Waals surface area (Å²) in [5, 5.41) is 3.13. The Balaban J connectivity index is 1.80. The van der Waals surface area contributed by atoms with Gasteiger partial charge in [0.1, 0.15) is 11.8 Å². The number of halogens is 1. The molecule has 1 aliphatic heterocycles. The van der Waals surface area contributed by atoms with Gasteiger partial charge in [-0.15, -0.1) is 0 Å². The van der Waals surface area contributed by atoms with Gasteiger partial charge in [-0.2, -0.15) is 0 Å². The van der Waals surface area contributed by atoms with Gasteiger partial charge in [-0.3, -0.25) is 9.59 Å². The molecule has 23 heavy (non-hydrogen) atoms. The smallest absolute Gasteiger partial charge is 0.256 e.